The number of hydrogen-bond donors (Lipinski definition) is 0. The summed E-state index contributed by atoms with van der Waals surface area (Å²) >= 11 is 0. The first kappa shape index (κ1) is 15.6. The summed E-state index contributed by atoms with van der Waals surface area (Å²) in [5.41, 5.74) is 0.502. The first-order valence-electron chi connectivity index (χ1n) is 6.44. The number of hydrogen-bond acceptors (Lipinski definition) is 5. The minimum Gasteiger partial charge on any atom is -0.493 e. The van der Waals surface area contributed by atoms with Gasteiger partial charge >= 0.3 is 6.03 Å². The maximum atomic E-state index is 12.1. The van der Waals surface area contributed by atoms with E-state index in [0.29, 0.717) is 17.1 Å². The van der Waals surface area contributed by atoms with Crippen molar-refractivity contribution in [2.24, 2.45) is 0 Å². The van der Waals surface area contributed by atoms with E-state index in [1.807, 2.05) is 0 Å². The highest BCUT2D eigenvalue weighted by atomic mass is 16.5. The molecule has 1 aliphatic rings. The van der Waals surface area contributed by atoms with Crippen molar-refractivity contribution in [3.05, 3.63) is 29.3 Å². The van der Waals surface area contributed by atoms with Crippen LogP contribution >= 0.6 is 0 Å². The molecule has 0 N–H and O–H groups in total. The van der Waals surface area contributed by atoms with E-state index in [0.717, 1.165) is 9.80 Å². The van der Waals surface area contributed by atoms with Crippen LogP contribution in [-0.2, 0) is 9.59 Å². The maximum absolute atomic E-state index is 12.1. The summed E-state index contributed by atoms with van der Waals surface area (Å²) in [6, 6.07) is 4.34. The Kier molecular flexibility index (Phi) is 4.16. The molecule has 0 saturated carbocycles. The van der Waals surface area contributed by atoms with E-state index in [1.54, 1.807) is 18.2 Å². The van der Waals surface area contributed by atoms with Crippen molar-refractivity contribution in [2.75, 3.05) is 28.3 Å². The van der Waals surface area contributed by atoms with Crippen LogP contribution in [0.2, 0.25) is 0 Å². The van der Waals surface area contributed by atoms with Gasteiger partial charge in [0, 0.05) is 14.1 Å². The zero-order valence-electron chi connectivity index (χ0n) is 12.7. The van der Waals surface area contributed by atoms with Crippen LogP contribution in [0.3, 0.4) is 0 Å². The van der Waals surface area contributed by atoms with Gasteiger partial charge in [-0.05, 0) is 23.8 Å². The third-order valence-corrected chi connectivity index (χ3v) is 3.36. The van der Waals surface area contributed by atoms with Crippen LogP contribution in [-0.4, -0.2) is 56.0 Å². The minimum atomic E-state index is -0.653. The van der Waals surface area contributed by atoms with Crippen LogP contribution in [0.15, 0.2) is 23.8 Å². The molecule has 1 aliphatic heterocycles. The molecule has 1 aromatic rings. The summed E-state index contributed by atoms with van der Waals surface area (Å²) in [4.78, 5) is 37.7. The van der Waals surface area contributed by atoms with Gasteiger partial charge in [0.15, 0.2) is 11.5 Å². The van der Waals surface area contributed by atoms with E-state index >= 15 is 0 Å². The zero-order chi connectivity index (χ0) is 16.4. The van der Waals surface area contributed by atoms with Crippen molar-refractivity contribution in [1.29, 1.82) is 0 Å². The number of imide groups is 2. The first-order chi connectivity index (χ1) is 10.4. The lowest BCUT2D eigenvalue weighted by molar-refractivity contribution is -0.134. The Morgan fingerprint density at radius 1 is 0.909 bits per heavy atom. The van der Waals surface area contributed by atoms with Crippen LogP contribution in [0.5, 0.6) is 11.5 Å². The SMILES string of the molecule is COc1ccc(C=C2C(=O)N(C)C(=O)N(C)C2=O)cc1OC. The number of likely N-dealkylation sites (N-methyl/N-ethyl adjacent to an activating group) is 2. The second-order valence-corrected chi connectivity index (χ2v) is 4.68. The second-order valence-electron chi connectivity index (χ2n) is 4.68. The molecular formula is C15H16N2O5. The fourth-order valence-electron chi connectivity index (χ4n) is 2.08. The standard InChI is InChI=1S/C15H16N2O5/c1-16-13(18)10(14(19)17(2)15(16)20)7-9-5-6-11(21-3)12(8-9)22-4/h5-8H,1-4H3. The molecule has 1 fully saturated rings. The van der Waals surface area contributed by atoms with E-state index in [-0.39, 0.29) is 5.57 Å². The van der Waals surface area contributed by atoms with Gasteiger partial charge in [0.2, 0.25) is 0 Å². The van der Waals surface area contributed by atoms with Crippen molar-refractivity contribution in [1.82, 2.24) is 9.80 Å². The van der Waals surface area contributed by atoms with E-state index in [9.17, 15) is 14.4 Å². The zero-order valence-corrected chi connectivity index (χ0v) is 12.7. The number of carbonyl (C=O) groups excluding carboxylic acids is 3. The van der Waals surface area contributed by atoms with Gasteiger partial charge in [-0.15, -0.1) is 0 Å². The minimum absolute atomic E-state index is 0.0863. The number of rotatable bonds is 3. The molecule has 0 bridgehead atoms. The van der Waals surface area contributed by atoms with E-state index in [2.05, 4.69) is 0 Å². The van der Waals surface area contributed by atoms with Crippen LogP contribution in [0.4, 0.5) is 4.79 Å². The van der Waals surface area contributed by atoms with Gasteiger partial charge in [-0.3, -0.25) is 19.4 Å². The lowest BCUT2D eigenvalue weighted by atomic mass is 10.1. The van der Waals surface area contributed by atoms with Crippen LogP contribution in [0.1, 0.15) is 5.56 Å². The Hall–Kier alpha value is -2.83. The summed E-state index contributed by atoms with van der Waals surface area (Å²) in [6.45, 7) is 0. The highest BCUT2D eigenvalue weighted by molar-refractivity contribution is 6.30. The predicted molar refractivity (Wildman–Crippen MR) is 78.5 cm³/mol. The summed E-state index contributed by atoms with van der Waals surface area (Å²) in [5.74, 6) is -0.258. The van der Waals surface area contributed by atoms with Crippen molar-refractivity contribution in [3.8, 4) is 11.5 Å². The Bertz CT molecular complexity index is 655. The molecule has 116 valence electrons. The molecule has 7 heteroatoms. The Labute approximate surface area is 127 Å². The fourth-order valence-corrected chi connectivity index (χ4v) is 2.08. The van der Waals surface area contributed by atoms with E-state index in [1.165, 1.54) is 34.4 Å². The maximum Gasteiger partial charge on any atom is 0.333 e. The number of ether oxygens (including phenoxy) is 2. The third kappa shape index (κ3) is 2.52. The molecule has 0 spiro atoms. The lowest BCUT2D eigenvalue weighted by Crippen LogP contribution is -2.52. The molecule has 0 unspecified atom stereocenters. The Morgan fingerprint density at radius 2 is 1.45 bits per heavy atom. The normalized spacial score (nSPS) is 15.3. The van der Waals surface area contributed by atoms with Crippen molar-refractivity contribution >= 4 is 23.9 Å². The fraction of sp³-hybridized carbons (Fsp3) is 0.267. The lowest BCUT2D eigenvalue weighted by Gasteiger charge is -2.28. The van der Waals surface area contributed by atoms with Crippen LogP contribution in [0.25, 0.3) is 6.08 Å². The van der Waals surface area contributed by atoms with Gasteiger partial charge in [0.25, 0.3) is 11.8 Å². The van der Waals surface area contributed by atoms with Gasteiger partial charge in [0.05, 0.1) is 14.2 Å². The molecule has 0 aromatic heterocycles. The monoisotopic (exact) mass is 304 g/mol. The number of amides is 4. The molecule has 4 amide bonds. The number of benzene rings is 1. The van der Waals surface area contributed by atoms with Crippen LogP contribution < -0.4 is 9.47 Å². The molecule has 2 rings (SSSR count). The molecule has 0 radical (unpaired) electrons. The van der Waals surface area contributed by atoms with E-state index < -0.39 is 17.8 Å². The van der Waals surface area contributed by atoms with Gasteiger partial charge in [-0.2, -0.15) is 0 Å². The molecule has 0 atom stereocenters. The molecule has 1 saturated heterocycles. The van der Waals surface area contributed by atoms with Crippen molar-refractivity contribution in [2.45, 2.75) is 0 Å². The van der Waals surface area contributed by atoms with Gasteiger partial charge in [-0.25, -0.2) is 4.79 Å². The summed E-state index contributed by atoms with van der Waals surface area (Å²) in [5, 5.41) is 0. The van der Waals surface area contributed by atoms with Crippen molar-refractivity contribution < 1.29 is 23.9 Å². The molecule has 1 heterocycles. The Balaban J connectivity index is 2.45. The molecule has 0 aliphatic carbocycles. The van der Waals surface area contributed by atoms with Crippen molar-refractivity contribution in [3.63, 3.8) is 0 Å². The quantitative estimate of drug-likeness (QED) is 0.618. The smallest absolute Gasteiger partial charge is 0.333 e. The predicted octanol–water partition coefficient (Wildman–Crippen LogP) is 1.14. The summed E-state index contributed by atoms with van der Waals surface area (Å²) in [7, 11) is 5.66. The average molecular weight is 304 g/mol. The number of carbonyl (C=O) groups is 3. The summed E-state index contributed by atoms with van der Waals surface area (Å²) in [6.07, 6.45) is 1.42. The van der Waals surface area contributed by atoms with Gasteiger partial charge in [-0.1, -0.05) is 6.07 Å². The second kappa shape index (κ2) is 5.88. The van der Waals surface area contributed by atoms with Gasteiger partial charge in [0.1, 0.15) is 5.57 Å². The molecule has 7 nitrogen and oxygen atoms in total. The largest absolute Gasteiger partial charge is 0.493 e. The molecule has 1 aromatic carbocycles. The van der Waals surface area contributed by atoms with Gasteiger partial charge < -0.3 is 9.47 Å². The third-order valence-electron chi connectivity index (χ3n) is 3.36. The Morgan fingerprint density at radius 3 is 1.95 bits per heavy atom. The highest BCUT2D eigenvalue weighted by Gasteiger charge is 2.37. The highest BCUT2D eigenvalue weighted by Crippen LogP contribution is 2.29. The number of barbiturate groups is 1. The average Bonchev–Trinajstić information content (AvgIpc) is 2.54. The molecule has 22 heavy (non-hydrogen) atoms. The number of urea groups is 1. The van der Waals surface area contributed by atoms with Crippen LogP contribution in [0, 0.1) is 0 Å². The molecular weight excluding hydrogens is 288 g/mol. The summed E-state index contributed by atoms with van der Waals surface area (Å²) < 4.78 is 10.3. The first-order valence-corrected chi connectivity index (χ1v) is 6.44. The topological polar surface area (TPSA) is 76.2 Å². The number of nitrogens with zero attached hydrogens (tertiary/aromatic N) is 2. The van der Waals surface area contributed by atoms with E-state index in [4.69, 9.17) is 9.47 Å². The number of methoxy groups -OCH3 is 2.